The van der Waals surface area contributed by atoms with Crippen LogP contribution in [0.5, 0.6) is 5.75 Å². The van der Waals surface area contributed by atoms with Crippen molar-refractivity contribution in [3.05, 3.63) is 29.3 Å². The Balaban J connectivity index is 3.13. The third kappa shape index (κ3) is 1.81. The summed E-state index contributed by atoms with van der Waals surface area (Å²) in [6, 6.07) is 6.15. The summed E-state index contributed by atoms with van der Waals surface area (Å²) >= 11 is 3.46. The monoisotopic (exact) mass is 228 g/mol. The first-order valence-electron chi connectivity index (χ1n) is 4.04. The summed E-state index contributed by atoms with van der Waals surface area (Å²) in [5.74, 6) is 0.995. The van der Waals surface area contributed by atoms with Crippen LogP contribution >= 0.6 is 15.9 Å². The van der Waals surface area contributed by atoms with E-state index in [0.29, 0.717) is 0 Å². The second-order valence-corrected chi connectivity index (χ2v) is 3.15. The zero-order valence-electron chi connectivity index (χ0n) is 7.43. The van der Waals surface area contributed by atoms with Gasteiger partial charge in [0.05, 0.1) is 7.11 Å². The molecule has 0 fully saturated rings. The van der Waals surface area contributed by atoms with Gasteiger partial charge in [-0.25, -0.2) is 0 Å². The lowest BCUT2D eigenvalue weighted by Crippen LogP contribution is -1.94. The molecule has 1 aromatic rings. The van der Waals surface area contributed by atoms with Crippen LogP contribution < -0.4 is 4.74 Å². The number of hydrogen-bond donors (Lipinski definition) is 0. The van der Waals surface area contributed by atoms with Gasteiger partial charge in [-0.2, -0.15) is 0 Å². The molecule has 0 spiro atoms. The molecule has 0 aliphatic rings. The minimum absolute atomic E-state index is 0.896. The van der Waals surface area contributed by atoms with Crippen LogP contribution in [0.25, 0.3) is 0 Å². The third-order valence-corrected chi connectivity index (χ3v) is 2.55. The molecule has 0 bridgehead atoms. The van der Waals surface area contributed by atoms with E-state index >= 15 is 0 Å². The lowest BCUT2D eigenvalue weighted by atomic mass is 10.1. The zero-order valence-corrected chi connectivity index (χ0v) is 9.02. The smallest absolute Gasteiger partial charge is 0.122 e. The molecule has 2 heteroatoms. The Kier molecular flexibility index (Phi) is 3.60. The predicted octanol–water partition coefficient (Wildman–Crippen LogP) is 3.15. The van der Waals surface area contributed by atoms with Gasteiger partial charge in [0.25, 0.3) is 0 Å². The molecule has 0 saturated carbocycles. The van der Waals surface area contributed by atoms with Crippen LogP contribution in [0.15, 0.2) is 18.2 Å². The minimum atomic E-state index is 0.896. The van der Waals surface area contributed by atoms with Crippen molar-refractivity contribution in [2.45, 2.75) is 18.7 Å². The van der Waals surface area contributed by atoms with Crippen molar-refractivity contribution in [1.29, 1.82) is 0 Å². The Morgan fingerprint density at radius 1 is 1.42 bits per heavy atom. The molecule has 12 heavy (non-hydrogen) atoms. The van der Waals surface area contributed by atoms with E-state index < -0.39 is 0 Å². The lowest BCUT2D eigenvalue weighted by molar-refractivity contribution is 0.409. The molecule has 0 aliphatic heterocycles. The largest absolute Gasteiger partial charge is 0.496 e. The maximum atomic E-state index is 5.26. The van der Waals surface area contributed by atoms with E-state index in [4.69, 9.17) is 4.74 Å². The molecule has 1 rings (SSSR count). The Labute approximate surface area is 81.9 Å². The molecule has 0 N–H and O–H groups in total. The number of hydrogen-bond acceptors (Lipinski definition) is 1. The van der Waals surface area contributed by atoms with Gasteiger partial charge in [0.15, 0.2) is 0 Å². The Hall–Kier alpha value is -0.500. The molecule has 1 aromatic carbocycles. The Morgan fingerprint density at radius 2 is 2.17 bits per heavy atom. The number of halogens is 1. The van der Waals surface area contributed by atoms with Gasteiger partial charge in [0, 0.05) is 5.33 Å². The maximum absolute atomic E-state index is 5.26. The van der Waals surface area contributed by atoms with Crippen molar-refractivity contribution in [3.8, 4) is 5.75 Å². The van der Waals surface area contributed by atoms with Crippen molar-refractivity contribution in [3.63, 3.8) is 0 Å². The number of benzene rings is 1. The molecule has 0 aromatic heterocycles. The fourth-order valence-electron chi connectivity index (χ4n) is 1.33. The summed E-state index contributed by atoms with van der Waals surface area (Å²) in [6.45, 7) is 2.14. The van der Waals surface area contributed by atoms with E-state index in [9.17, 15) is 0 Å². The number of alkyl halides is 1. The first-order chi connectivity index (χ1) is 5.83. The Bertz CT molecular complexity index is 236. The van der Waals surface area contributed by atoms with E-state index in [1.807, 2.05) is 12.1 Å². The molecular formula is C10H13BrO. The summed E-state index contributed by atoms with van der Waals surface area (Å²) in [7, 11) is 1.71. The number of ether oxygens (including phenoxy) is 1. The highest BCUT2D eigenvalue weighted by Gasteiger charge is 2.04. The van der Waals surface area contributed by atoms with E-state index in [2.05, 4.69) is 28.9 Å². The van der Waals surface area contributed by atoms with Gasteiger partial charge >= 0.3 is 0 Å². The van der Waals surface area contributed by atoms with Gasteiger partial charge in [-0.1, -0.05) is 35.0 Å². The van der Waals surface area contributed by atoms with Crippen LogP contribution in [-0.4, -0.2) is 7.11 Å². The average Bonchev–Trinajstić information content (AvgIpc) is 2.16. The van der Waals surface area contributed by atoms with Crippen LogP contribution in [0.3, 0.4) is 0 Å². The molecule has 66 valence electrons. The SMILES string of the molecule is CCc1c(CBr)cccc1OC. The second kappa shape index (κ2) is 4.51. The van der Waals surface area contributed by atoms with E-state index in [0.717, 1.165) is 17.5 Å². The van der Waals surface area contributed by atoms with Crippen LogP contribution in [0, 0.1) is 0 Å². The standard InChI is InChI=1S/C10H13BrO/c1-3-9-8(7-11)5-4-6-10(9)12-2/h4-6H,3,7H2,1-2H3. The summed E-state index contributed by atoms with van der Waals surface area (Å²) < 4.78 is 5.26. The molecule has 1 nitrogen and oxygen atoms in total. The highest BCUT2D eigenvalue weighted by molar-refractivity contribution is 9.08. The Morgan fingerprint density at radius 3 is 2.67 bits per heavy atom. The molecule has 0 atom stereocenters. The second-order valence-electron chi connectivity index (χ2n) is 2.59. The van der Waals surface area contributed by atoms with Gasteiger partial charge in [0.1, 0.15) is 5.75 Å². The topological polar surface area (TPSA) is 9.23 Å². The van der Waals surface area contributed by atoms with Crippen LogP contribution in [0.4, 0.5) is 0 Å². The zero-order chi connectivity index (χ0) is 8.97. The molecule has 0 saturated heterocycles. The van der Waals surface area contributed by atoms with Crippen molar-refractivity contribution < 1.29 is 4.74 Å². The average molecular weight is 229 g/mol. The molecule has 0 unspecified atom stereocenters. The summed E-state index contributed by atoms with van der Waals surface area (Å²) in [6.07, 6.45) is 1.02. The predicted molar refractivity (Wildman–Crippen MR) is 55.0 cm³/mol. The van der Waals surface area contributed by atoms with Crippen molar-refractivity contribution in [2.75, 3.05) is 7.11 Å². The lowest BCUT2D eigenvalue weighted by Gasteiger charge is -2.09. The molecule has 0 amide bonds. The van der Waals surface area contributed by atoms with E-state index in [1.165, 1.54) is 11.1 Å². The van der Waals surface area contributed by atoms with Gasteiger partial charge in [-0.05, 0) is 23.6 Å². The molecule has 0 heterocycles. The van der Waals surface area contributed by atoms with E-state index in [-0.39, 0.29) is 0 Å². The van der Waals surface area contributed by atoms with Crippen LogP contribution in [0.2, 0.25) is 0 Å². The number of methoxy groups -OCH3 is 1. The van der Waals surface area contributed by atoms with Gasteiger partial charge < -0.3 is 4.74 Å². The van der Waals surface area contributed by atoms with E-state index in [1.54, 1.807) is 7.11 Å². The summed E-state index contributed by atoms with van der Waals surface area (Å²) in [5.41, 5.74) is 2.62. The first kappa shape index (κ1) is 9.59. The van der Waals surface area contributed by atoms with Crippen molar-refractivity contribution in [1.82, 2.24) is 0 Å². The molecule has 0 aliphatic carbocycles. The fourth-order valence-corrected chi connectivity index (χ4v) is 1.85. The minimum Gasteiger partial charge on any atom is -0.496 e. The molecular weight excluding hydrogens is 216 g/mol. The third-order valence-electron chi connectivity index (χ3n) is 1.95. The highest BCUT2D eigenvalue weighted by atomic mass is 79.9. The fraction of sp³-hybridized carbons (Fsp3) is 0.400. The summed E-state index contributed by atoms with van der Waals surface area (Å²) in [5, 5.41) is 0.896. The normalized spacial score (nSPS) is 9.92. The maximum Gasteiger partial charge on any atom is 0.122 e. The first-order valence-corrected chi connectivity index (χ1v) is 5.16. The van der Waals surface area contributed by atoms with Crippen molar-refractivity contribution >= 4 is 15.9 Å². The molecule has 0 radical (unpaired) electrons. The van der Waals surface area contributed by atoms with Crippen molar-refractivity contribution in [2.24, 2.45) is 0 Å². The number of rotatable bonds is 3. The van der Waals surface area contributed by atoms with Gasteiger partial charge in [-0.3, -0.25) is 0 Å². The van der Waals surface area contributed by atoms with Gasteiger partial charge in [-0.15, -0.1) is 0 Å². The highest BCUT2D eigenvalue weighted by Crippen LogP contribution is 2.24. The summed E-state index contributed by atoms with van der Waals surface area (Å²) in [4.78, 5) is 0. The van der Waals surface area contributed by atoms with Gasteiger partial charge in [0.2, 0.25) is 0 Å². The van der Waals surface area contributed by atoms with Crippen LogP contribution in [-0.2, 0) is 11.8 Å². The van der Waals surface area contributed by atoms with Crippen LogP contribution in [0.1, 0.15) is 18.1 Å². The quantitative estimate of drug-likeness (QED) is 0.723.